The number of nitrogens with one attached hydrogen (secondary N) is 2. The van der Waals surface area contributed by atoms with Gasteiger partial charge in [-0.1, -0.05) is 34.1 Å². The van der Waals surface area contributed by atoms with Crippen LogP contribution in [0.25, 0.3) is 6.08 Å². The highest BCUT2D eigenvalue weighted by Crippen LogP contribution is 2.15. The molecule has 1 saturated heterocycles. The molecule has 164 valence electrons. The second-order valence-electron chi connectivity index (χ2n) is 7.01. The Labute approximate surface area is 190 Å². The number of methoxy groups -OCH3 is 1. The van der Waals surface area contributed by atoms with E-state index in [1.165, 1.54) is 0 Å². The molecule has 0 spiro atoms. The first-order valence-corrected chi connectivity index (χ1v) is 10.9. The minimum atomic E-state index is -0.357. The lowest BCUT2D eigenvalue weighted by Crippen LogP contribution is -2.42. The fourth-order valence-corrected chi connectivity index (χ4v) is 3.50. The molecule has 8 heteroatoms. The van der Waals surface area contributed by atoms with E-state index in [9.17, 15) is 9.59 Å². The molecule has 2 amide bonds. The van der Waals surface area contributed by atoms with Gasteiger partial charge in [0.1, 0.15) is 11.4 Å². The van der Waals surface area contributed by atoms with Gasteiger partial charge in [-0.05, 0) is 42.0 Å². The molecule has 1 aliphatic rings. The lowest BCUT2D eigenvalue weighted by Gasteiger charge is -2.26. The van der Waals surface area contributed by atoms with Gasteiger partial charge in [-0.3, -0.25) is 14.5 Å². The van der Waals surface area contributed by atoms with E-state index >= 15 is 0 Å². The van der Waals surface area contributed by atoms with Gasteiger partial charge in [0.2, 0.25) is 0 Å². The summed E-state index contributed by atoms with van der Waals surface area (Å²) in [5, 5.41) is 5.65. The van der Waals surface area contributed by atoms with Crippen molar-refractivity contribution in [3.05, 3.63) is 69.8 Å². The van der Waals surface area contributed by atoms with Gasteiger partial charge in [0.15, 0.2) is 0 Å². The Bertz CT molecular complexity index is 925. The van der Waals surface area contributed by atoms with E-state index in [4.69, 9.17) is 9.47 Å². The van der Waals surface area contributed by atoms with E-state index in [0.717, 1.165) is 29.7 Å². The van der Waals surface area contributed by atoms with Gasteiger partial charge < -0.3 is 20.1 Å². The van der Waals surface area contributed by atoms with E-state index in [2.05, 4.69) is 31.5 Å². The molecule has 2 aromatic rings. The van der Waals surface area contributed by atoms with Gasteiger partial charge in [-0.15, -0.1) is 0 Å². The maximum Gasteiger partial charge on any atom is 0.267 e. The van der Waals surface area contributed by atoms with Crippen LogP contribution < -0.4 is 15.4 Å². The quantitative estimate of drug-likeness (QED) is 0.559. The van der Waals surface area contributed by atoms with Crippen LogP contribution in [-0.4, -0.2) is 63.2 Å². The van der Waals surface area contributed by atoms with E-state index in [1.54, 1.807) is 43.5 Å². The molecule has 0 atom stereocenters. The molecular weight excluding hydrogens is 462 g/mol. The molecule has 0 aromatic heterocycles. The smallest absolute Gasteiger partial charge is 0.267 e. The largest absolute Gasteiger partial charge is 0.497 e. The number of hydrogen-bond acceptors (Lipinski definition) is 5. The van der Waals surface area contributed by atoms with E-state index in [1.807, 2.05) is 18.2 Å². The number of benzene rings is 2. The minimum absolute atomic E-state index is 0.178. The Balaban J connectivity index is 1.71. The normalized spacial score (nSPS) is 14.7. The van der Waals surface area contributed by atoms with E-state index in [-0.39, 0.29) is 17.5 Å². The predicted molar refractivity (Wildman–Crippen MR) is 123 cm³/mol. The van der Waals surface area contributed by atoms with Crippen molar-refractivity contribution in [1.29, 1.82) is 0 Å². The summed E-state index contributed by atoms with van der Waals surface area (Å²) in [4.78, 5) is 27.8. The number of nitrogens with zero attached hydrogens (tertiary/aromatic N) is 1. The Morgan fingerprint density at radius 2 is 1.90 bits per heavy atom. The van der Waals surface area contributed by atoms with Gasteiger partial charge in [-0.25, -0.2) is 0 Å². The van der Waals surface area contributed by atoms with E-state index in [0.29, 0.717) is 31.1 Å². The van der Waals surface area contributed by atoms with Crippen LogP contribution in [0.15, 0.2) is 58.7 Å². The maximum atomic E-state index is 12.9. The summed E-state index contributed by atoms with van der Waals surface area (Å²) in [7, 11) is 1.59. The standard InChI is InChI=1S/C23H26BrN3O4/c1-30-20-7-5-17(6-8-20)15-21(26-22(28)18-3-2-4-19(24)16-18)23(29)25-9-10-27-11-13-31-14-12-27/h2-8,15-16H,9-14H2,1H3,(H,25,29)(H,26,28). The fraction of sp³-hybridized carbons (Fsp3) is 0.304. The Hall–Kier alpha value is -2.68. The minimum Gasteiger partial charge on any atom is -0.497 e. The third-order valence-corrected chi connectivity index (χ3v) is 5.32. The number of hydrogen-bond donors (Lipinski definition) is 2. The third-order valence-electron chi connectivity index (χ3n) is 4.82. The summed E-state index contributed by atoms with van der Waals surface area (Å²) < 4.78 is 11.3. The van der Waals surface area contributed by atoms with Crippen LogP contribution >= 0.6 is 15.9 Å². The second kappa shape index (κ2) is 11.6. The average Bonchev–Trinajstić information content (AvgIpc) is 2.79. The van der Waals surface area contributed by atoms with Crippen molar-refractivity contribution in [2.45, 2.75) is 0 Å². The molecule has 0 saturated carbocycles. The molecule has 1 aliphatic heterocycles. The highest BCUT2D eigenvalue weighted by molar-refractivity contribution is 9.10. The van der Waals surface area contributed by atoms with Gasteiger partial charge in [0, 0.05) is 36.2 Å². The zero-order chi connectivity index (χ0) is 22.1. The number of amides is 2. The molecule has 0 aliphatic carbocycles. The topological polar surface area (TPSA) is 79.9 Å². The van der Waals surface area contributed by atoms with Crippen LogP contribution in [0.3, 0.4) is 0 Å². The lowest BCUT2D eigenvalue weighted by atomic mass is 10.1. The molecule has 0 radical (unpaired) electrons. The number of rotatable bonds is 8. The zero-order valence-corrected chi connectivity index (χ0v) is 19.0. The van der Waals surface area contributed by atoms with Crippen LogP contribution in [0.2, 0.25) is 0 Å². The first-order valence-electron chi connectivity index (χ1n) is 10.1. The molecule has 2 aromatic carbocycles. The van der Waals surface area contributed by atoms with Crippen molar-refractivity contribution in [2.24, 2.45) is 0 Å². The van der Waals surface area contributed by atoms with Crippen LogP contribution in [0.1, 0.15) is 15.9 Å². The van der Waals surface area contributed by atoms with Crippen LogP contribution in [0.4, 0.5) is 0 Å². The molecule has 7 nitrogen and oxygen atoms in total. The predicted octanol–water partition coefficient (Wildman–Crippen LogP) is 2.68. The van der Waals surface area contributed by atoms with Crippen molar-refractivity contribution in [2.75, 3.05) is 46.5 Å². The van der Waals surface area contributed by atoms with Gasteiger partial charge >= 0.3 is 0 Å². The van der Waals surface area contributed by atoms with Gasteiger partial charge in [-0.2, -0.15) is 0 Å². The first-order chi connectivity index (χ1) is 15.0. The summed E-state index contributed by atoms with van der Waals surface area (Å²) in [6, 6.07) is 14.3. The van der Waals surface area contributed by atoms with Crippen molar-refractivity contribution < 1.29 is 19.1 Å². The molecule has 0 unspecified atom stereocenters. The van der Waals surface area contributed by atoms with Crippen LogP contribution in [0, 0.1) is 0 Å². The number of carbonyl (C=O) groups is 2. The lowest BCUT2D eigenvalue weighted by molar-refractivity contribution is -0.117. The average molecular weight is 488 g/mol. The Morgan fingerprint density at radius 1 is 1.16 bits per heavy atom. The van der Waals surface area contributed by atoms with Crippen LogP contribution in [-0.2, 0) is 9.53 Å². The third kappa shape index (κ3) is 7.20. The maximum absolute atomic E-state index is 12.9. The van der Waals surface area contributed by atoms with Crippen molar-refractivity contribution in [3.8, 4) is 5.75 Å². The number of carbonyl (C=O) groups excluding carboxylic acids is 2. The number of halogens is 1. The summed E-state index contributed by atoms with van der Waals surface area (Å²) in [6.07, 6.45) is 1.65. The first kappa shape index (κ1) is 23.0. The summed E-state index contributed by atoms with van der Waals surface area (Å²) in [5.41, 5.74) is 1.40. The van der Waals surface area contributed by atoms with Crippen LogP contribution in [0.5, 0.6) is 5.75 Å². The zero-order valence-electron chi connectivity index (χ0n) is 17.4. The number of ether oxygens (including phenoxy) is 2. The monoisotopic (exact) mass is 487 g/mol. The van der Waals surface area contributed by atoms with E-state index < -0.39 is 0 Å². The SMILES string of the molecule is COc1ccc(C=C(NC(=O)c2cccc(Br)c2)C(=O)NCCN2CCOCC2)cc1. The highest BCUT2D eigenvalue weighted by atomic mass is 79.9. The van der Waals surface area contributed by atoms with Crippen molar-refractivity contribution in [1.82, 2.24) is 15.5 Å². The molecule has 1 heterocycles. The molecule has 31 heavy (non-hydrogen) atoms. The highest BCUT2D eigenvalue weighted by Gasteiger charge is 2.16. The van der Waals surface area contributed by atoms with Gasteiger partial charge in [0.05, 0.1) is 20.3 Å². The summed E-state index contributed by atoms with van der Waals surface area (Å²) >= 11 is 3.37. The molecule has 0 bridgehead atoms. The van der Waals surface area contributed by atoms with Gasteiger partial charge in [0.25, 0.3) is 11.8 Å². The fourth-order valence-electron chi connectivity index (χ4n) is 3.10. The molecule has 1 fully saturated rings. The van der Waals surface area contributed by atoms with Crippen molar-refractivity contribution >= 4 is 33.8 Å². The Morgan fingerprint density at radius 3 is 2.58 bits per heavy atom. The van der Waals surface area contributed by atoms with Crippen molar-refractivity contribution in [3.63, 3.8) is 0 Å². The molecule has 2 N–H and O–H groups in total. The molecule has 3 rings (SSSR count). The Kier molecular flexibility index (Phi) is 8.63. The number of morpholine rings is 1. The second-order valence-corrected chi connectivity index (χ2v) is 7.92. The summed E-state index contributed by atoms with van der Waals surface area (Å²) in [5.74, 6) is 0.0173. The summed E-state index contributed by atoms with van der Waals surface area (Å²) in [6.45, 7) is 4.32. The molecular formula is C23H26BrN3O4.